The Bertz CT molecular complexity index is 1030. The van der Waals surface area contributed by atoms with E-state index in [2.05, 4.69) is 10.5 Å². The summed E-state index contributed by atoms with van der Waals surface area (Å²) in [7, 11) is 0. The molecule has 0 aliphatic heterocycles. The van der Waals surface area contributed by atoms with Gasteiger partial charge in [-0.3, -0.25) is 4.79 Å². The van der Waals surface area contributed by atoms with Gasteiger partial charge in [0.2, 0.25) is 5.91 Å². The van der Waals surface area contributed by atoms with Gasteiger partial charge in [-0.1, -0.05) is 23.7 Å². The van der Waals surface area contributed by atoms with Crippen LogP contribution in [0.5, 0.6) is 0 Å². The van der Waals surface area contributed by atoms with E-state index in [0.717, 1.165) is 28.2 Å². The van der Waals surface area contributed by atoms with Crippen molar-refractivity contribution in [2.45, 2.75) is 19.6 Å². The van der Waals surface area contributed by atoms with Gasteiger partial charge in [0.1, 0.15) is 5.82 Å². The number of aryl methyl sites for hydroxylation is 1. The van der Waals surface area contributed by atoms with E-state index in [0.29, 0.717) is 16.5 Å². The smallest absolute Gasteiger partial charge is 0.250 e. The van der Waals surface area contributed by atoms with Crippen LogP contribution < -0.4 is 5.43 Å². The Balaban J connectivity index is 1.55. The van der Waals surface area contributed by atoms with Crippen molar-refractivity contribution in [3.05, 3.63) is 88.0 Å². The molecule has 2 aromatic carbocycles. The average Bonchev–Trinajstić information content (AvgIpc) is 2.96. The third-order valence-electron chi connectivity index (χ3n) is 4.34. The van der Waals surface area contributed by atoms with Gasteiger partial charge in [-0.2, -0.15) is 5.10 Å². The summed E-state index contributed by atoms with van der Waals surface area (Å²) in [6, 6.07) is 15.9. The topological polar surface area (TPSA) is 46.4 Å². The monoisotopic (exact) mass is 429 g/mol. The maximum Gasteiger partial charge on any atom is 0.250 e. The Labute approximate surface area is 178 Å². The molecule has 0 unspecified atom stereocenters. The largest absolute Gasteiger partial charge is 0.318 e. The highest BCUT2D eigenvalue weighted by atomic mass is 35.5. The van der Waals surface area contributed by atoms with Crippen LogP contribution in [0.15, 0.2) is 59.7 Å². The zero-order valence-electron chi connectivity index (χ0n) is 16.2. The number of hydrogen-bond donors (Lipinski definition) is 1. The second-order valence-corrected chi connectivity index (χ2v) is 7.98. The number of nitrogens with one attached hydrogen (secondary N) is 1. The number of rotatable bonds is 7. The first-order valence-electron chi connectivity index (χ1n) is 9.03. The van der Waals surface area contributed by atoms with Crippen LogP contribution in [0.3, 0.4) is 0 Å². The molecule has 1 amide bonds. The summed E-state index contributed by atoms with van der Waals surface area (Å²) in [6.45, 7) is 3.93. The molecular formula is C22H21ClFN3OS. The molecule has 0 aliphatic carbocycles. The average molecular weight is 430 g/mol. The number of benzene rings is 2. The predicted octanol–water partition coefficient (Wildman–Crippen LogP) is 5.27. The molecule has 0 atom stereocenters. The van der Waals surface area contributed by atoms with Crippen molar-refractivity contribution < 1.29 is 9.18 Å². The minimum absolute atomic E-state index is 0.166. The van der Waals surface area contributed by atoms with E-state index < -0.39 is 0 Å². The first-order valence-corrected chi connectivity index (χ1v) is 10.6. The molecule has 29 heavy (non-hydrogen) atoms. The number of hydrazone groups is 1. The molecule has 0 spiro atoms. The molecule has 3 aromatic rings. The summed E-state index contributed by atoms with van der Waals surface area (Å²) in [6.07, 6.45) is 1.63. The fourth-order valence-electron chi connectivity index (χ4n) is 3.00. The number of amides is 1. The lowest BCUT2D eigenvalue weighted by Crippen LogP contribution is -2.19. The highest BCUT2D eigenvalue weighted by molar-refractivity contribution is 7.99. The molecule has 0 aliphatic rings. The SMILES string of the molecule is Cc1cc(/C=N/NC(=O)CSCc2cccc(Cl)c2)c(C)n1-c1ccc(F)cc1. The number of halogens is 2. The van der Waals surface area contributed by atoms with Gasteiger partial charge in [0.15, 0.2) is 0 Å². The Morgan fingerprint density at radius 3 is 2.69 bits per heavy atom. The Morgan fingerprint density at radius 2 is 1.97 bits per heavy atom. The molecule has 4 nitrogen and oxygen atoms in total. The third-order valence-corrected chi connectivity index (χ3v) is 5.58. The molecule has 7 heteroatoms. The lowest BCUT2D eigenvalue weighted by Gasteiger charge is -2.09. The van der Waals surface area contributed by atoms with Crippen molar-refractivity contribution >= 4 is 35.5 Å². The number of thioether (sulfide) groups is 1. The van der Waals surface area contributed by atoms with Gasteiger partial charge in [-0.05, 0) is 61.9 Å². The molecule has 1 N–H and O–H groups in total. The summed E-state index contributed by atoms with van der Waals surface area (Å²) >= 11 is 7.46. The van der Waals surface area contributed by atoms with Crippen molar-refractivity contribution in [2.24, 2.45) is 5.10 Å². The van der Waals surface area contributed by atoms with Crippen molar-refractivity contribution in [1.29, 1.82) is 0 Å². The second kappa shape index (κ2) is 9.76. The fraction of sp³-hybridized carbons (Fsp3) is 0.182. The predicted molar refractivity (Wildman–Crippen MR) is 119 cm³/mol. The van der Waals surface area contributed by atoms with Crippen LogP contribution in [0.2, 0.25) is 5.02 Å². The van der Waals surface area contributed by atoms with Gasteiger partial charge in [-0.15, -0.1) is 11.8 Å². The van der Waals surface area contributed by atoms with E-state index in [1.165, 1.54) is 23.9 Å². The van der Waals surface area contributed by atoms with Crippen LogP contribution >= 0.6 is 23.4 Å². The third kappa shape index (κ3) is 5.71. The summed E-state index contributed by atoms with van der Waals surface area (Å²) in [5.41, 5.74) is 7.36. The molecule has 0 fully saturated rings. The first kappa shape index (κ1) is 21.1. The zero-order chi connectivity index (χ0) is 20.8. The molecule has 0 radical (unpaired) electrons. The summed E-state index contributed by atoms with van der Waals surface area (Å²) in [5.74, 6) is 0.573. The molecule has 0 saturated heterocycles. The van der Waals surface area contributed by atoms with Crippen LogP contribution in [0.4, 0.5) is 4.39 Å². The van der Waals surface area contributed by atoms with Crippen molar-refractivity contribution in [1.82, 2.24) is 9.99 Å². The molecule has 1 aromatic heterocycles. The summed E-state index contributed by atoms with van der Waals surface area (Å²) in [4.78, 5) is 12.0. The Morgan fingerprint density at radius 1 is 1.21 bits per heavy atom. The van der Waals surface area contributed by atoms with Crippen LogP contribution in [-0.2, 0) is 10.5 Å². The maximum atomic E-state index is 13.2. The molecule has 1 heterocycles. The summed E-state index contributed by atoms with van der Waals surface area (Å²) < 4.78 is 15.2. The van der Waals surface area contributed by atoms with E-state index in [1.54, 1.807) is 18.3 Å². The van der Waals surface area contributed by atoms with Gasteiger partial charge in [0.25, 0.3) is 0 Å². The Hall–Kier alpha value is -2.57. The number of hydrogen-bond acceptors (Lipinski definition) is 3. The minimum Gasteiger partial charge on any atom is -0.318 e. The number of nitrogens with zero attached hydrogens (tertiary/aromatic N) is 2. The summed E-state index contributed by atoms with van der Waals surface area (Å²) in [5, 5.41) is 4.76. The molecular weight excluding hydrogens is 409 g/mol. The van der Waals surface area contributed by atoms with Gasteiger partial charge >= 0.3 is 0 Å². The highest BCUT2D eigenvalue weighted by Gasteiger charge is 2.09. The van der Waals surface area contributed by atoms with E-state index >= 15 is 0 Å². The first-order chi connectivity index (χ1) is 13.9. The normalized spacial score (nSPS) is 11.2. The highest BCUT2D eigenvalue weighted by Crippen LogP contribution is 2.20. The van der Waals surface area contributed by atoms with Gasteiger partial charge in [0, 0.05) is 33.4 Å². The van der Waals surface area contributed by atoms with Crippen LogP contribution in [0, 0.1) is 19.7 Å². The lowest BCUT2D eigenvalue weighted by molar-refractivity contribution is -0.118. The van der Waals surface area contributed by atoms with E-state index in [1.807, 2.05) is 48.7 Å². The molecule has 0 saturated carbocycles. The van der Waals surface area contributed by atoms with Crippen molar-refractivity contribution in [2.75, 3.05) is 5.75 Å². The maximum absolute atomic E-state index is 13.2. The number of aromatic nitrogens is 1. The quantitative estimate of drug-likeness (QED) is 0.410. The second-order valence-electron chi connectivity index (χ2n) is 6.55. The molecule has 3 rings (SSSR count). The number of carbonyl (C=O) groups is 1. The minimum atomic E-state index is -0.269. The number of carbonyl (C=O) groups excluding carboxylic acids is 1. The van der Waals surface area contributed by atoms with Crippen molar-refractivity contribution in [3.8, 4) is 5.69 Å². The Kier molecular flexibility index (Phi) is 7.12. The van der Waals surface area contributed by atoms with Crippen LogP contribution in [0.1, 0.15) is 22.5 Å². The van der Waals surface area contributed by atoms with Gasteiger partial charge in [0.05, 0.1) is 12.0 Å². The standard InChI is InChI=1S/C22H21ClFN3OS/c1-15-10-18(16(2)27(15)21-8-6-20(24)7-9-21)12-25-26-22(28)14-29-13-17-4-3-5-19(23)11-17/h3-12H,13-14H2,1-2H3,(H,26,28)/b25-12+. The lowest BCUT2D eigenvalue weighted by atomic mass is 10.2. The van der Waals surface area contributed by atoms with E-state index in [-0.39, 0.29) is 11.7 Å². The van der Waals surface area contributed by atoms with Gasteiger partial charge < -0.3 is 4.57 Å². The molecule has 150 valence electrons. The molecule has 0 bridgehead atoms. The van der Waals surface area contributed by atoms with E-state index in [4.69, 9.17) is 11.6 Å². The van der Waals surface area contributed by atoms with Crippen LogP contribution in [-0.4, -0.2) is 22.4 Å². The van der Waals surface area contributed by atoms with Gasteiger partial charge in [-0.25, -0.2) is 9.82 Å². The van der Waals surface area contributed by atoms with E-state index in [9.17, 15) is 9.18 Å². The zero-order valence-corrected chi connectivity index (χ0v) is 17.7. The fourth-order valence-corrected chi connectivity index (χ4v) is 3.98. The van der Waals surface area contributed by atoms with Crippen molar-refractivity contribution in [3.63, 3.8) is 0 Å². The van der Waals surface area contributed by atoms with Crippen LogP contribution in [0.25, 0.3) is 5.69 Å².